The number of halogens is 10. The molecule has 1 aliphatic heterocycles. The van der Waals surface area contributed by atoms with E-state index in [9.17, 15) is 8.78 Å². The van der Waals surface area contributed by atoms with Crippen LogP contribution >= 0.6 is 46.4 Å². The van der Waals surface area contributed by atoms with Crippen LogP contribution in [0.3, 0.4) is 0 Å². The van der Waals surface area contributed by atoms with Crippen LogP contribution in [0.25, 0.3) is 5.57 Å². The molecule has 0 fully saturated rings. The highest BCUT2D eigenvalue weighted by Gasteiger charge is 2.54. The Morgan fingerprint density at radius 3 is 1.67 bits per heavy atom. The van der Waals surface area contributed by atoms with E-state index in [2.05, 4.69) is 0 Å². The highest BCUT2D eigenvalue weighted by atomic mass is 35.5. The lowest BCUT2D eigenvalue weighted by molar-refractivity contribution is 0.334. The summed E-state index contributed by atoms with van der Waals surface area (Å²) in [4.78, 5) is 0.891. The van der Waals surface area contributed by atoms with E-state index >= 15 is 17.6 Å². The fraction of sp³-hybridized carbons (Fsp3) is 0.0857. The van der Waals surface area contributed by atoms with Crippen molar-refractivity contribution in [3.05, 3.63) is 163 Å². The minimum atomic E-state index is -1.81. The van der Waals surface area contributed by atoms with E-state index < -0.39 is 51.8 Å². The first kappa shape index (κ1) is 33.9. The molecule has 1 unspecified atom stereocenters. The lowest BCUT2D eigenvalue weighted by atomic mass is 9.80. The zero-order valence-electron chi connectivity index (χ0n) is 24.8. The molecule has 246 valence electrons. The van der Waals surface area contributed by atoms with Crippen molar-refractivity contribution >= 4 is 69.0 Å². The summed E-state index contributed by atoms with van der Waals surface area (Å²) in [6.45, 7) is 1.55. The first-order chi connectivity index (χ1) is 22.8. The molecule has 0 bridgehead atoms. The number of hydrazine groups is 1. The molecule has 0 saturated heterocycles. The van der Waals surface area contributed by atoms with Crippen LogP contribution < -0.4 is 9.91 Å². The maximum absolute atomic E-state index is 16.0. The summed E-state index contributed by atoms with van der Waals surface area (Å²) in [6, 6.07) is 17.4. The van der Waals surface area contributed by atoms with Gasteiger partial charge in [0.05, 0.1) is 15.1 Å². The zero-order valence-corrected chi connectivity index (χ0v) is 27.8. The summed E-state index contributed by atoms with van der Waals surface area (Å²) in [5.74, 6) is -5.71. The van der Waals surface area contributed by atoms with Gasteiger partial charge in [0, 0.05) is 28.8 Å². The van der Waals surface area contributed by atoms with Gasteiger partial charge in [-0.05, 0) is 67.6 Å². The Morgan fingerprint density at radius 2 is 1.10 bits per heavy atom. The molecular weight excluding hydrogens is 718 g/mol. The Hall–Kier alpha value is -4.02. The highest BCUT2D eigenvalue weighted by molar-refractivity contribution is 6.35. The average Bonchev–Trinajstić information content (AvgIpc) is 3.22. The second kappa shape index (κ2) is 12.8. The van der Waals surface area contributed by atoms with E-state index in [0.29, 0.717) is 0 Å². The van der Waals surface area contributed by atoms with Gasteiger partial charge in [0.15, 0.2) is 0 Å². The topological polar surface area (TPSA) is 9.72 Å². The second-order valence-electron chi connectivity index (χ2n) is 10.9. The number of hydrogen-bond donors (Lipinski definition) is 0. The maximum Gasteiger partial charge on any atom is 0.150 e. The van der Waals surface area contributed by atoms with Crippen molar-refractivity contribution in [2.75, 3.05) is 17.0 Å². The molecule has 6 rings (SSSR count). The van der Waals surface area contributed by atoms with Gasteiger partial charge in [0.1, 0.15) is 63.3 Å². The number of benzene rings is 5. The van der Waals surface area contributed by atoms with Crippen LogP contribution in [0, 0.1) is 34.9 Å². The molecule has 1 atom stereocenters. The predicted octanol–water partition coefficient (Wildman–Crippen LogP) is 11.9. The Balaban J connectivity index is 1.88. The normalized spacial score (nSPS) is 16.2. The molecule has 1 heterocycles. The van der Waals surface area contributed by atoms with Crippen molar-refractivity contribution in [3.8, 4) is 0 Å². The minimum absolute atomic E-state index is 0.00445. The van der Waals surface area contributed by atoms with Gasteiger partial charge in [-0.2, -0.15) is 0 Å². The number of rotatable bonds is 6. The van der Waals surface area contributed by atoms with Crippen LogP contribution in [0.15, 0.2) is 96.8 Å². The van der Waals surface area contributed by atoms with E-state index in [0.717, 1.165) is 59.5 Å². The van der Waals surface area contributed by atoms with Crippen LogP contribution in [0.2, 0.25) is 20.1 Å². The molecule has 1 aliphatic rings. The van der Waals surface area contributed by atoms with Gasteiger partial charge in [-0.15, -0.1) is 0 Å². The lowest BCUT2D eigenvalue weighted by Crippen LogP contribution is -2.49. The summed E-state index contributed by atoms with van der Waals surface area (Å²) in [6.07, 6.45) is 0. The largest absolute Gasteiger partial charge is 0.285 e. The summed E-state index contributed by atoms with van der Waals surface area (Å²) in [7, 11) is 1.40. The minimum Gasteiger partial charge on any atom is -0.285 e. The number of hydrogen-bond acceptors (Lipinski definition) is 3. The quantitative estimate of drug-likeness (QED) is 0.161. The second-order valence-corrected chi connectivity index (χ2v) is 12.5. The van der Waals surface area contributed by atoms with E-state index in [4.69, 9.17) is 46.4 Å². The fourth-order valence-corrected chi connectivity index (χ4v) is 7.24. The molecule has 48 heavy (non-hydrogen) atoms. The van der Waals surface area contributed by atoms with Crippen molar-refractivity contribution in [2.45, 2.75) is 12.5 Å². The Kier molecular flexibility index (Phi) is 9.02. The average molecular weight is 739 g/mol. The number of para-hydroxylation sites is 3. The first-order valence-corrected chi connectivity index (χ1v) is 15.6. The Morgan fingerprint density at radius 1 is 0.583 bits per heavy atom. The SMILES string of the molecule is CN1C(N(c2c(F)cccc2F)c2c(F)cccc2Cl)=C(c2ccc(F)cc2Cl)C(C)(c2ccc(F)cc2Cl)N1c1c(F)cccc1Cl. The maximum atomic E-state index is 16.0. The Labute approximate surface area is 291 Å². The molecule has 0 amide bonds. The van der Waals surface area contributed by atoms with E-state index in [1.165, 1.54) is 53.5 Å². The van der Waals surface area contributed by atoms with Crippen molar-refractivity contribution in [1.29, 1.82) is 0 Å². The fourth-order valence-electron chi connectivity index (χ4n) is 6.14. The number of nitrogens with zero attached hydrogens (tertiary/aromatic N) is 3. The smallest absolute Gasteiger partial charge is 0.150 e. The lowest BCUT2D eigenvalue weighted by Gasteiger charge is -2.43. The van der Waals surface area contributed by atoms with Gasteiger partial charge in [-0.25, -0.2) is 26.3 Å². The van der Waals surface area contributed by atoms with Crippen LogP contribution in [-0.4, -0.2) is 12.1 Å². The van der Waals surface area contributed by atoms with Gasteiger partial charge in [-0.1, -0.05) is 76.7 Å². The van der Waals surface area contributed by atoms with Crippen molar-refractivity contribution in [2.24, 2.45) is 0 Å². The Bertz CT molecular complexity index is 2010. The predicted molar refractivity (Wildman–Crippen MR) is 179 cm³/mol. The number of anilines is 3. The summed E-state index contributed by atoms with van der Waals surface area (Å²) in [5.41, 5.74) is -3.11. The third kappa shape index (κ3) is 5.43. The van der Waals surface area contributed by atoms with Crippen molar-refractivity contribution < 1.29 is 26.3 Å². The van der Waals surface area contributed by atoms with Crippen LogP contribution in [0.1, 0.15) is 18.1 Å². The van der Waals surface area contributed by atoms with Gasteiger partial charge < -0.3 is 0 Å². The molecule has 5 aromatic carbocycles. The standard InChI is InChI=1S/C35H21Cl4F6N3/c1-35(21-15-13-19(41)17-25(21)39)30(20-14-12-18(40)16-24(20)38)34(46(2)48(35)32-23(37)7-4-9-27(32)43)47(31-22(36)6-3-8-26(31)42)33-28(44)10-5-11-29(33)45/h3-17H,1-2H3. The van der Waals surface area contributed by atoms with Crippen LogP contribution in [-0.2, 0) is 5.54 Å². The third-order valence-corrected chi connectivity index (χ3v) is 9.32. The summed E-state index contributed by atoms with van der Waals surface area (Å²) >= 11 is 26.7. The van der Waals surface area contributed by atoms with Gasteiger partial charge >= 0.3 is 0 Å². The monoisotopic (exact) mass is 737 g/mol. The molecule has 0 N–H and O–H groups in total. The van der Waals surface area contributed by atoms with Crippen molar-refractivity contribution in [3.63, 3.8) is 0 Å². The molecular formula is C35H21Cl4F6N3. The van der Waals surface area contributed by atoms with Crippen molar-refractivity contribution in [1.82, 2.24) is 5.01 Å². The molecule has 0 aliphatic carbocycles. The third-order valence-electron chi connectivity index (χ3n) is 8.08. The molecule has 3 nitrogen and oxygen atoms in total. The molecule has 5 aromatic rings. The molecule has 0 saturated carbocycles. The zero-order chi connectivity index (χ0) is 34.7. The van der Waals surface area contributed by atoms with Gasteiger partial charge in [0.25, 0.3) is 0 Å². The molecule has 13 heteroatoms. The summed E-state index contributed by atoms with van der Waals surface area (Å²) in [5, 5.41) is 1.89. The molecule has 0 spiro atoms. The van der Waals surface area contributed by atoms with E-state index in [1.54, 1.807) is 6.92 Å². The van der Waals surface area contributed by atoms with Gasteiger partial charge in [0.2, 0.25) is 0 Å². The first-order valence-electron chi connectivity index (χ1n) is 14.1. The highest BCUT2D eigenvalue weighted by Crippen LogP contribution is 2.58. The van der Waals surface area contributed by atoms with Gasteiger partial charge in [-0.3, -0.25) is 14.9 Å². The molecule has 0 aromatic heterocycles. The van der Waals surface area contributed by atoms with E-state index in [-0.39, 0.29) is 48.3 Å². The van der Waals surface area contributed by atoms with Crippen LogP contribution in [0.5, 0.6) is 0 Å². The van der Waals surface area contributed by atoms with Crippen LogP contribution in [0.4, 0.5) is 43.4 Å². The summed E-state index contributed by atoms with van der Waals surface area (Å²) < 4.78 is 93.0. The molecule has 0 radical (unpaired) electrons. The van der Waals surface area contributed by atoms with E-state index in [1.807, 2.05) is 0 Å².